The van der Waals surface area contributed by atoms with E-state index in [1.54, 1.807) is 0 Å². The van der Waals surface area contributed by atoms with Crippen LogP contribution in [0.4, 0.5) is 0 Å². The largest absolute Gasteiger partial charge is 0.394 e. The third-order valence-electron chi connectivity index (χ3n) is 6.10. The summed E-state index contributed by atoms with van der Waals surface area (Å²) in [6.07, 6.45) is -0.281. The molecule has 13 heteroatoms. The molecule has 0 aliphatic carbocycles. The normalized spacial score (nSPS) is 22.8. The van der Waals surface area contributed by atoms with E-state index >= 15 is 0 Å². The van der Waals surface area contributed by atoms with Gasteiger partial charge in [0.1, 0.15) is 37.6 Å². The summed E-state index contributed by atoms with van der Waals surface area (Å²) in [6, 6.07) is -0.955. The number of nitrogens with one attached hydrogen (secondary N) is 1. The third-order valence-corrected chi connectivity index (χ3v) is 6.10. The van der Waals surface area contributed by atoms with Crippen molar-refractivity contribution in [3.8, 4) is 0 Å². The molecule has 1 amide bonds. The molecule has 13 nitrogen and oxygen atoms in total. The first kappa shape index (κ1) is 36.5. The zero-order valence-corrected chi connectivity index (χ0v) is 23.9. The van der Waals surface area contributed by atoms with Crippen LogP contribution < -0.4 is 5.32 Å². The molecule has 0 aromatic carbocycles. The number of aliphatic hydroxyl groups excluding tert-OH is 3. The zero-order valence-electron chi connectivity index (χ0n) is 23.9. The number of carbonyl (C=O) groups is 3. The molecule has 0 aromatic heterocycles. The summed E-state index contributed by atoms with van der Waals surface area (Å²) in [5.41, 5.74) is 0. The number of ether oxygens (including phenoxy) is 6. The van der Waals surface area contributed by atoms with Crippen molar-refractivity contribution in [3.63, 3.8) is 0 Å². The van der Waals surface area contributed by atoms with Crippen LogP contribution >= 0.6 is 0 Å². The van der Waals surface area contributed by atoms with Gasteiger partial charge in [0, 0.05) is 39.6 Å². The maximum Gasteiger partial charge on any atom is 0.217 e. The predicted molar refractivity (Wildman–Crippen MR) is 143 cm³/mol. The summed E-state index contributed by atoms with van der Waals surface area (Å²) in [7, 11) is 0. The minimum atomic E-state index is -1.35. The number of hydrogen-bond donors (Lipinski definition) is 4. The van der Waals surface area contributed by atoms with E-state index in [4.69, 9.17) is 28.4 Å². The number of carbonyl (C=O) groups excluding carboxylic acids is 3. The summed E-state index contributed by atoms with van der Waals surface area (Å²) in [5.74, 6) is -0.362. The molecule has 0 saturated carbocycles. The highest BCUT2D eigenvalue weighted by Crippen LogP contribution is 2.22. The van der Waals surface area contributed by atoms with E-state index in [9.17, 15) is 29.7 Å². The summed E-state index contributed by atoms with van der Waals surface area (Å²) in [5, 5.41) is 32.2. The number of unbranched alkanes of at least 4 members (excludes halogenated alkanes) is 3. The van der Waals surface area contributed by atoms with Gasteiger partial charge >= 0.3 is 0 Å². The number of ketones is 2. The van der Waals surface area contributed by atoms with Crippen molar-refractivity contribution in [2.45, 2.75) is 89.4 Å². The average molecular weight is 580 g/mol. The molecule has 0 aromatic rings. The predicted octanol–water partition coefficient (Wildman–Crippen LogP) is -0.0981. The lowest BCUT2D eigenvalue weighted by Gasteiger charge is -2.42. The molecule has 0 radical (unpaired) electrons. The first-order chi connectivity index (χ1) is 19.3. The minimum absolute atomic E-state index is 0.0162. The van der Waals surface area contributed by atoms with Gasteiger partial charge in [-0.1, -0.05) is 12.8 Å². The lowest BCUT2D eigenvalue weighted by Crippen LogP contribution is -2.64. The molecule has 1 rings (SSSR count). The Morgan fingerprint density at radius 2 is 1.35 bits per heavy atom. The molecule has 40 heavy (non-hydrogen) atoms. The molecule has 1 saturated heterocycles. The van der Waals surface area contributed by atoms with Crippen molar-refractivity contribution >= 4 is 17.5 Å². The van der Waals surface area contributed by atoms with Crippen molar-refractivity contribution in [2.24, 2.45) is 0 Å². The lowest BCUT2D eigenvalue weighted by molar-refractivity contribution is -0.270. The van der Waals surface area contributed by atoms with Crippen LogP contribution in [-0.4, -0.2) is 130 Å². The number of rotatable bonds is 25. The molecule has 5 atom stereocenters. The second kappa shape index (κ2) is 23.1. The van der Waals surface area contributed by atoms with Crippen LogP contribution in [0.5, 0.6) is 0 Å². The van der Waals surface area contributed by atoms with Crippen molar-refractivity contribution in [1.29, 1.82) is 0 Å². The van der Waals surface area contributed by atoms with Crippen LogP contribution in [0.15, 0.2) is 0 Å². The van der Waals surface area contributed by atoms with Gasteiger partial charge in [0.2, 0.25) is 5.91 Å². The van der Waals surface area contributed by atoms with Crippen molar-refractivity contribution in [3.05, 3.63) is 0 Å². The van der Waals surface area contributed by atoms with Crippen molar-refractivity contribution < 1.29 is 58.1 Å². The summed E-state index contributed by atoms with van der Waals surface area (Å²) in [4.78, 5) is 35.1. The van der Waals surface area contributed by atoms with Gasteiger partial charge in [-0.25, -0.2) is 0 Å². The highest BCUT2D eigenvalue weighted by Gasteiger charge is 2.45. The van der Waals surface area contributed by atoms with Crippen LogP contribution in [0.1, 0.15) is 58.8 Å². The zero-order chi connectivity index (χ0) is 29.6. The van der Waals surface area contributed by atoms with Gasteiger partial charge in [-0.15, -0.1) is 0 Å². The first-order valence-electron chi connectivity index (χ1n) is 14.2. The number of amides is 1. The fourth-order valence-corrected chi connectivity index (χ4v) is 3.96. The Kier molecular flexibility index (Phi) is 21.0. The lowest BCUT2D eigenvalue weighted by atomic mass is 9.97. The maximum absolute atomic E-state index is 12.0. The van der Waals surface area contributed by atoms with Gasteiger partial charge in [0.05, 0.1) is 33.0 Å². The number of Topliss-reactive ketones (excluding diaryl/α,β-unsaturated/α-hetero) is 2. The molecule has 0 unspecified atom stereocenters. The molecule has 0 bridgehead atoms. The summed E-state index contributed by atoms with van der Waals surface area (Å²) >= 11 is 0. The second-order valence-electron chi connectivity index (χ2n) is 9.56. The highest BCUT2D eigenvalue weighted by atomic mass is 16.7. The van der Waals surface area contributed by atoms with Crippen LogP contribution in [0.25, 0.3) is 0 Å². The fourth-order valence-electron chi connectivity index (χ4n) is 3.96. The van der Waals surface area contributed by atoms with Gasteiger partial charge in [-0.3, -0.25) is 14.4 Å². The van der Waals surface area contributed by atoms with Gasteiger partial charge in [-0.2, -0.15) is 0 Å². The van der Waals surface area contributed by atoms with Crippen LogP contribution in [0, 0.1) is 0 Å². The van der Waals surface area contributed by atoms with E-state index < -0.39 is 43.2 Å². The molecular formula is C27H49NO12. The van der Waals surface area contributed by atoms with E-state index in [2.05, 4.69) is 5.32 Å². The van der Waals surface area contributed by atoms with Crippen LogP contribution in [0.3, 0.4) is 0 Å². The monoisotopic (exact) mass is 579 g/mol. The quantitative estimate of drug-likeness (QED) is 0.106. The smallest absolute Gasteiger partial charge is 0.217 e. The van der Waals surface area contributed by atoms with Crippen LogP contribution in [0.2, 0.25) is 0 Å². The van der Waals surface area contributed by atoms with E-state index in [-0.39, 0.29) is 31.4 Å². The van der Waals surface area contributed by atoms with Crippen molar-refractivity contribution in [1.82, 2.24) is 5.32 Å². The Morgan fingerprint density at radius 3 is 1.98 bits per heavy atom. The van der Waals surface area contributed by atoms with E-state index in [1.807, 2.05) is 6.92 Å². The molecule has 234 valence electrons. The minimum Gasteiger partial charge on any atom is -0.394 e. The Hall–Kier alpha value is -1.55. The average Bonchev–Trinajstić information content (AvgIpc) is 2.92. The summed E-state index contributed by atoms with van der Waals surface area (Å²) in [6.45, 7) is 5.72. The van der Waals surface area contributed by atoms with E-state index in [0.29, 0.717) is 71.7 Å². The fraction of sp³-hybridized carbons (Fsp3) is 0.889. The molecule has 1 aliphatic rings. The number of aliphatic hydroxyl groups is 3. The number of hydrogen-bond acceptors (Lipinski definition) is 12. The van der Waals surface area contributed by atoms with Gasteiger partial charge in [0.25, 0.3) is 0 Å². The van der Waals surface area contributed by atoms with Crippen LogP contribution in [-0.2, 0) is 42.8 Å². The summed E-state index contributed by atoms with van der Waals surface area (Å²) < 4.78 is 32.3. The molecular weight excluding hydrogens is 530 g/mol. The topological polar surface area (TPSA) is 179 Å². The molecule has 1 fully saturated rings. The Balaban J connectivity index is 2.00. The van der Waals surface area contributed by atoms with Gasteiger partial charge in [0.15, 0.2) is 17.9 Å². The Labute approximate surface area is 236 Å². The molecule has 0 spiro atoms. The van der Waals surface area contributed by atoms with E-state index in [1.165, 1.54) is 6.92 Å². The SMILES string of the molecule is CCOCCOCC(=O)CCCOCCOCC(=O)CCCCCCO[C@@H]1O[C@H](CO)[C@H](O)[C@H](O)[C@H]1NC(C)=O. The second-order valence-corrected chi connectivity index (χ2v) is 9.56. The molecule has 1 heterocycles. The third kappa shape index (κ3) is 16.7. The first-order valence-corrected chi connectivity index (χ1v) is 14.2. The molecule has 4 N–H and O–H groups in total. The van der Waals surface area contributed by atoms with Gasteiger partial charge < -0.3 is 49.1 Å². The Morgan fingerprint density at radius 1 is 0.750 bits per heavy atom. The van der Waals surface area contributed by atoms with Gasteiger partial charge in [-0.05, 0) is 26.2 Å². The Bertz CT molecular complexity index is 694. The van der Waals surface area contributed by atoms with Crippen molar-refractivity contribution in [2.75, 3.05) is 66.1 Å². The maximum atomic E-state index is 12.0. The van der Waals surface area contributed by atoms with E-state index in [0.717, 1.165) is 12.8 Å². The highest BCUT2D eigenvalue weighted by molar-refractivity contribution is 5.79. The molecule has 1 aliphatic heterocycles. The standard InChI is InChI=1S/C27H49NO12/c1-3-35-13-15-37-19-22(32)10-8-11-36-14-16-38-18-21(31)9-6-4-5-7-12-39-27-24(28-20(2)30)26(34)25(33)23(17-29)40-27/h23-27,29,33-34H,3-19H2,1-2H3,(H,28,30)/t23-,24-,25+,26-,27-/m1/s1.